The van der Waals surface area contributed by atoms with E-state index in [0.29, 0.717) is 5.15 Å². The zero-order chi connectivity index (χ0) is 18.8. The fourth-order valence-corrected chi connectivity index (χ4v) is 3.83. The van der Waals surface area contributed by atoms with Gasteiger partial charge < -0.3 is 4.57 Å². The summed E-state index contributed by atoms with van der Waals surface area (Å²) in [4.78, 5) is 9.46. The number of aromatic nitrogens is 3. The first-order valence-corrected chi connectivity index (χ1v) is 10.1. The minimum Gasteiger partial charge on any atom is -0.323 e. The van der Waals surface area contributed by atoms with Crippen molar-refractivity contribution < 1.29 is 0 Å². The van der Waals surface area contributed by atoms with Crippen LogP contribution in [0.15, 0.2) is 48.5 Å². The first-order valence-electron chi connectivity index (χ1n) is 9.72. The monoisotopic (exact) mass is 377 g/mol. The molecule has 4 rings (SSSR count). The van der Waals surface area contributed by atoms with E-state index in [2.05, 4.69) is 59.8 Å². The van der Waals surface area contributed by atoms with Crippen LogP contribution in [0.2, 0.25) is 5.15 Å². The molecular formula is C23H24ClN3. The number of fused-ring (bicyclic) bond motifs is 3. The molecule has 0 spiro atoms. The van der Waals surface area contributed by atoms with Crippen LogP contribution in [-0.4, -0.2) is 14.5 Å². The molecule has 0 aliphatic heterocycles. The Morgan fingerprint density at radius 2 is 1.67 bits per heavy atom. The van der Waals surface area contributed by atoms with E-state index in [1.165, 1.54) is 11.1 Å². The van der Waals surface area contributed by atoms with Crippen molar-refractivity contribution >= 4 is 33.5 Å². The molecule has 0 aliphatic carbocycles. The second kappa shape index (κ2) is 7.69. The van der Waals surface area contributed by atoms with Crippen molar-refractivity contribution in [3.63, 3.8) is 0 Å². The van der Waals surface area contributed by atoms with Crippen molar-refractivity contribution in [2.24, 2.45) is 0 Å². The maximum Gasteiger partial charge on any atom is 0.157 e. The van der Waals surface area contributed by atoms with Crippen molar-refractivity contribution in [1.82, 2.24) is 14.5 Å². The number of hydrogen-bond acceptors (Lipinski definition) is 2. The number of hydrogen-bond donors (Lipinski definition) is 0. The van der Waals surface area contributed by atoms with Crippen molar-refractivity contribution in [3.8, 4) is 0 Å². The zero-order valence-electron chi connectivity index (χ0n) is 15.9. The van der Waals surface area contributed by atoms with Gasteiger partial charge in [-0.3, -0.25) is 0 Å². The maximum atomic E-state index is 6.51. The first kappa shape index (κ1) is 18.0. The van der Waals surface area contributed by atoms with E-state index in [4.69, 9.17) is 16.6 Å². The fourth-order valence-electron chi connectivity index (χ4n) is 3.61. The van der Waals surface area contributed by atoms with Gasteiger partial charge >= 0.3 is 0 Å². The number of aryl methyl sites for hydroxylation is 2. The average molecular weight is 378 g/mol. The Hall–Kier alpha value is -2.39. The summed E-state index contributed by atoms with van der Waals surface area (Å²) in [6.07, 6.45) is 4.26. The van der Waals surface area contributed by atoms with Gasteiger partial charge in [0.25, 0.3) is 0 Å². The molecule has 3 nitrogen and oxygen atoms in total. The Kier molecular flexibility index (Phi) is 5.13. The molecule has 0 saturated carbocycles. The molecule has 4 aromatic rings. The topological polar surface area (TPSA) is 30.7 Å². The Labute approximate surface area is 165 Å². The lowest BCUT2D eigenvalue weighted by Crippen LogP contribution is -2.06. The van der Waals surface area contributed by atoms with Crippen LogP contribution in [0.25, 0.3) is 21.9 Å². The summed E-state index contributed by atoms with van der Waals surface area (Å²) >= 11 is 6.51. The number of para-hydroxylation sites is 1. The first-order chi connectivity index (χ1) is 13.2. The number of benzene rings is 2. The normalized spacial score (nSPS) is 11.5. The van der Waals surface area contributed by atoms with E-state index in [9.17, 15) is 0 Å². The minimum absolute atomic E-state index is 0.488. The highest BCUT2D eigenvalue weighted by atomic mass is 35.5. The molecule has 0 amide bonds. The van der Waals surface area contributed by atoms with Crippen LogP contribution in [0.4, 0.5) is 0 Å². The van der Waals surface area contributed by atoms with Gasteiger partial charge in [0.05, 0.1) is 11.0 Å². The Morgan fingerprint density at radius 1 is 0.926 bits per heavy atom. The molecular weight excluding hydrogens is 354 g/mol. The highest BCUT2D eigenvalue weighted by Gasteiger charge is 2.17. The predicted molar refractivity (Wildman–Crippen MR) is 114 cm³/mol. The molecule has 0 N–H and O–H groups in total. The highest BCUT2D eigenvalue weighted by Crippen LogP contribution is 2.31. The largest absolute Gasteiger partial charge is 0.323 e. The van der Waals surface area contributed by atoms with Gasteiger partial charge in [0, 0.05) is 18.4 Å². The van der Waals surface area contributed by atoms with Crippen molar-refractivity contribution in [1.29, 1.82) is 0 Å². The van der Waals surface area contributed by atoms with Crippen LogP contribution < -0.4 is 0 Å². The third kappa shape index (κ3) is 3.44. The third-order valence-corrected chi connectivity index (χ3v) is 5.41. The molecule has 2 aromatic heterocycles. The average Bonchev–Trinajstić information content (AvgIpc) is 3.06. The van der Waals surface area contributed by atoms with Crippen LogP contribution in [0.3, 0.4) is 0 Å². The van der Waals surface area contributed by atoms with Crippen LogP contribution in [0.1, 0.15) is 43.6 Å². The maximum absolute atomic E-state index is 6.51. The molecule has 0 saturated heterocycles. The lowest BCUT2D eigenvalue weighted by atomic mass is 10.1. The van der Waals surface area contributed by atoms with E-state index < -0.39 is 0 Å². The molecule has 0 unspecified atom stereocenters. The molecule has 0 bridgehead atoms. The van der Waals surface area contributed by atoms with Gasteiger partial charge in [0.15, 0.2) is 5.15 Å². The van der Waals surface area contributed by atoms with Crippen LogP contribution in [0.5, 0.6) is 0 Å². The number of rotatable bonds is 6. The lowest BCUT2D eigenvalue weighted by molar-refractivity contribution is 0.690. The van der Waals surface area contributed by atoms with Gasteiger partial charge in [-0.2, -0.15) is 0 Å². The summed E-state index contributed by atoms with van der Waals surface area (Å²) in [6, 6.07) is 17.1. The van der Waals surface area contributed by atoms with E-state index in [-0.39, 0.29) is 0 Å². The predicted octanol–water partition coefficient (Wildman–Crippen LogP) is 6.19. The van der Waals surface area contributed by atoms with E-state index >= 15 is 0 Å². The van der Waals surface area contributed by atoms with E-state index in [1.807, 2.05) is 12.1 Å². The van der Waals surface area contributed by atoms with Gasteiger partial charge in [0.1, 0.15) is 11.3 Å². The van der Waals surface area contributed by atoms with Crippen LogP contribution in [0, 0.1) is 0 Å². The van der Waals surface area contributed by atoms with E-state index in [0.717, 1.165) is 60.0 Å². The standard InChI is InChI=1S/C23H24ClN3/c1-3-5-10-20-26-21-22(18-8-6-7-9-19(18)25-23(21)24)27(20)15-17-13-11-16(4-2)12-14-17/h6-9,11-14H,3-5,10,15H2,1-2H3. The summed E-state index contributed by atoms with van der Waals surface area (Å²) in [5, 5.41) is 1.60. The molecule has 0 fully saturated rings. The summed E-state index contributed by atoms with van der Waals surface area (Å²) < 4.78 is 2.34. The van der Waals surface area contributed by atoms with Gasteiger partial charge in [-0.05, 0) is 30.0 Å². The second-order valence-electron chi connectivity index (χ2n) is 7.00. The number of nitrogens with zero attached hydrogens (tertiary/aromatic N) is 3. The van der Waals surface area contributed by atoms with Crippen LogP contribution >= 0.6 is 11.6 Å². The molecule has 4 heteroatoms. The highest BCUT2D eigenvalue weighted by molar-refractivity contribution is 6.35. The Balaban J connectivity index is 1.91. The van der Waals surface area contributed by atoms with E-state index in [1.54, 1.807) is 0 Å². The quantitative estimate of drug-likeness (QED) is 0.375. The third-order valence-electron chi connectivity index (χ3n) is 5.15. The molecule has 0 radical (unpaired) electrons. The van der Waals surface area contributed by atoms with Gasteiger partial charge in [-0.15, -0.1) is 0 Å². The number of pyridine rings is 1. The Morgan fingerprint density at radius 3 is 2.41 bits per heavy atom. The summed E-state index contributed by atoms with van der Waals surface area (Å²) in [6.45, 7) is 5.19. The van der Waals surface area contributed by atoms with Gasteiger partial charge in [-0.25, -0.2) is 9.97 Å². The van der Waals surface area contributed by atoms with Crippen molar-refractivity contribution in [3.05, 3.63) is 70.6 Å². The second-order valence-corrected chi connectivity index (χ2v) is 7.36. The van der Waals surface area contributed by atoms with Crippen molar-refractivity contribution in [2.45, 2.75) is 46.1 Å². The molecule has 2 heterocycles. The summed E-state index contributed by atoms with van der Waals surface area (Å²) in [5.74, 6) is 1.09. The number of unbranched alkanes of at least 4 members (excludes halogenated alkanes) is 1. The SMILES string of the molecule is CCCCc1nc2c(Cl)nc3ccccc3c2n1Cc1ccc(CC)cc1. The molecule has 0 atom stereocenters. The number of imidazole rings is 1. The lowest BCUT2D eigenvalue weighted by Gasteiger charge is -2.11. The minimum atomic E-state index is 0.488. The molecule has 138 valence electrons. The van der Waals surface area contributed by atoms with Crippen LogP contribution in [-0.2, 0) is 19.4 Å². The summed E-state index contributed by atoms with van der Waals surface area (Å²) in [7, 11) is 0. The number of halogens is 1. The van der Waals surface area contributed by atoms with Crippen molar-refractivity contribution in [2.75, 3.05) is 0 Å². The fraction of sp³-hybridized carbons (Fsp3) is 0.304. The Bertz CT molecular complexity index is 1080. The molecule has 0 aliphatic rings. The molecule has 2 aromatic carbocycles. The smallest absolute Gasteiger partial charge is 0.157 e. The van der Waals surface area contributed by atoms with Gasteiger partial charge in [0.2, 0.25) is 0 Å². The zero-order valence-corrected chi connectivity index (χ0v) is 16.6. The van der Waals surface area contributed by atoms with Gasteiger partial charge in [-0.1, -0.05) is 74.3 Å². The molecule has 27 heavy (non-hydrogen) atoms. The summed E-state index contributed by atoms with van der Waals surface area (Å²) in [5.41, 5.74) is 5.46.